The van der Waals surface area contributed by atoms with Gasteiger partial charge in [0.1, 0.15) is 11.4 Å². The molecule has 2 aliphatic rings. The van der Waals surface area contributed by atoms with Crippen molar-refractivity contribution in [2.24, 2.45) is 0 Å². The molecule has 2 heterocycles. The summed E-state index contributed by atoms with van der Waals surface area (Å²) < 4.78 is 11.2. The third kappa shape index (κ3) is 2.09. The van der Waals surface area contributed by atoms with E-state index in [-0.39, 0.29) is 11.6 Å². The molecule has 1 fully saturated rings. The van der Waals surface area contributed by atoms with E-state index in [4.69, 9.17) is 9.47 Å². The number of carbonyl (C=O) groups excluding carboxylic acids is 1. The Bertz CT molecular complexity index is 469. The van der Waals surface area contributed by atoms with Gasteiger partial charge in [-0.2, -0.15) is 0 Å². The van der Waals surface area contributed by atoms with Crippen LogP contribution in [0.3, 0.4) is 0 Å². The van der Waals surface area contributed by atoms with Gasteiger partial charge in [0.05, 0.1) is 6.61 Å². The highest BCUT2D eigenvalue weighted by Crippen LogP contribution is 2.41. The van der Waals surface area contributed by atoms with Crippen LogP contribution >= 0.6 is 0 Å². The van der Waals surface area contributed by atoms with E-state index in [0.29, 0.717) is 18.9 Å². The summed E-state index contributed by atoms with van der Waals surface area (Å²) in [5.41, 5.74) is 0.932. The van der Waals surface area contributed by atoms with Crippen molar-refractivity contribution in [2.75, 3.05) is 6.61 Å². The molecule has 0 radical (unpaired) electrons. The minimum atomic E-state index is -0.319. The molecule has 1 aromatic carbocycles. The molecule has 1 aromatic rings. The number of fused-ring (bicyclic) bond motifs is 1. The molecule has 0 N–H and O–H groups in total. The number of rotatable bonds is 2. The van der Waals surface area contributed by atoms with Crippen LogP contribution in [0, 0.1) is 0 Å². The van der Waals surface area contributed by atoms with Crippen molar-refractivity contribution >= 4 is 5.97 Å². The summed E-state index contributed by atoms with van der Waals surface area (Å²) >= 11 is 0. The Morgan fingerprint density at radius 1 is 1.39 bits per heavy atom. The van der Waals surface area contributed by atoms with Gasteiger partial charge in [0.15, 0.2) is 0 Å². The average molecular weight is 246 g/mol. The summed E-state index contributed by atoms with van der Waals surface area (Å²) in [4.78, 5) is 11.4. The van der Waals surface area contributed by atoms with Crippen LogP contribution in [-0.4, -0.2) is 18.2 Å². The Morgan fingerprint density at radius 3 is 3.06 bits per heavy atom. The van der Waals surface area contributed by atoms with Crippen molar-refractivity contribution in [1.29, 1.82) is 0 Å². The number of hydrogen-bond donors (Lipinski definition) is 0. The fraction of sp³-hybridized carbons (Fsp3) is 0.533. The zero-order valence-corrected chi connectivity index (χ0v) is 10.6. The second-order valence-corrected chi connectivity index (χ2v) is 5.53. The molecule has 3 heteroatoms. The van der Waals surface area contributed by atoms with E-state index in [1.54, 1.807) is 0 Å². The summed E-state index contributed by atoms with van der Waals surface area (Å²) in [6.45, 7) is 2.75. The van der Waals surface area contributed by atoms with Crippen LogP contribution in [-0.2, 0) is 9.53 Å². The molecule has 0 aliphatic carbocycles. The highest BCUT2D eigenvalue weighted by atomic mass is 16.6. The first-order valence-electron chi connectivity index (χ1n) is 6.60. The van der Waals surface area contributed by atoms with Crippen molar-refractivity contribution in [3.8, 4) is 5.75 Å². The molecule has 1 saturated heterocycles. The number of ether oxygens (including phenoxy) is 2. The lowest BCUT2D eigenvalue weighted by molar-refractivity contribution is -0.166. The van der Waals surface area contributed by atoms with Crippen molar-refractivity contribution in [1.82, 2.24) is 0 Å². The minimum Gasteiger partial charge on any atom is -0.493 e. The smallest absolute Gasteiger partial charge is 0.306 e. The van der Waals surface area contributed by atoms with Gasteiger partial charge in [-0.15, -0.1) is 0 Å². The van der Waals surface area contributed by atoms with Gasteiger partial charge in [0.2, 0.25) is 0 Å². The monoisotopic (exact) mass is 246 g/mol. The predicted molar refractivity (Wildman–Crippen MR) is 67.6 cm³/mol. The molecule has 2 atom stereocenters. The second-order valence-electron chi connectivity index (χ2n) is 5.53. The second kappa shape index (κ2) is 4.30. The Labute approximate surface area is 107 Å². The number of benzene rings is 1. The van der Waals surface area contributed by atoms with E-state index in [0.717, 1.165) is 25.0 Å². The Balaban J connectivity index is 1.76. The Kier molecular flexibility index (Phi) is 2.77. The Morgan fingerprint density at radius 2 is 2.22 bits per heavy atom. The molecular formula is C15H18O3. The third-order valence-corrected chi connectivity index (χ3v) is 3.92. The van der Waals surface area contributed by atoms with Gasteiger partial charge in [-0.05, 0) is 32.3 Å². The zero-order chi connectivity index (χ0) is 12.6. The SMILES string of the molecule is CC1(CC2COc3ccccc32)CCCC(=O)O1. The summed E-state index contributed by atoms with van der Waals surface area (Å²) in [6.07, 6.45) is 3.31. The Hall–Kier alpha value is -1.51. The predicted octanol–water partition coefficient (Wildman–Crippen LogP) is 3.04. The van der Waals surface area contributed by atoms with E-state index >= 15 is 0 Å². The molecule has 2 aliphatic heterocycles. The van der Waals surface area contributed by atoms with E-state index in [9.17, 15) is 4.79 Å². The number of hydrogen-bond acceptors (Lipinski definition) is 3. The first kappa shape index (κ1) is 11.6. The molecule has 0 amide bonds. The van der Waals surface area contributed by atoms with Crippen LogP contribution < -0.4 is 4.74 Å². The van der Waals surface area contributed by atoms with Gasteiger partial charge < -0.3 is 9.47 Å². The summed E-state index contributed by atoms with van der Waals surface area (Å²) in [7, 11) is 0. The van der Waals surface area contributed by atoms with Crippen LogP contribution in [0.2, 0.25) is 0 Å². The molecule has 0 aromatic heterocycles. The standard InChI is InChI=1S/C15H18O3/c1-15(8-4-7-14(16)18-15)9-11-10-17-13-6-3-2-5-12(11)13/h2-3,5-6,11H,4,7-10H2,1H3. The van der Waals surface area contributed by atoms with Crippen LogP contribution in [0.5, 0.6) is 5.75 Å². The lowest BCUT2D eigenvalue weighted by atomic mass is 9.84. The van der Waals surface area contributed by atoms with E-state index in [1.807, 2.05) is 25.1 Å². The molecular weight excluding hydrogens is 228 g/mol. The van der Waals surface area contributed by atoms with E-state index in [2.05, 4.69) is 6.07 Å². The van der Waals surface area contributed by atoms with Gasteiger partial charge in [-0.25, -0.2) is 0 Å². The fourth-order valence-electron chi connectivity index (χ4n) is 3.05. The number of para-hydroxylation sites is 1. The highest BCUT2D eigenvalue weighted by molar-refractivity contribution is 5.70. The molecule has 0 spiro atoms. The summed E-state index contributed by atoms with van der Waals surface area (Å²) in [5.74, 6) is 1.27. The summed E-state index contributed by atoms with van der Waals surface area (Å²) in [5, 5.41) is 0. The van der Waals surface area contributed by atoms with E-state index < -0.39 is 0 Å². The van der Waals surface area contributed by atoms with Crippen molar-refractivity contribution < 1.29 is 14.3 Å². The van der Waals surface area contributed by atoms with Crippen molar-refractivity contribution in [3.63, 3.8) is 0 Å². The maximum absolute atomic E-state index is 11.4. The molecule has 3 rings (SSSR count). The zero-order valence-electron chi connectivity index (χ0n) is 10.6. The lowest BCUT2D eigenvalue weighted by Crippen LogP contribution is -2.37. The number of esters is 1. The first-order valence-corrected chi connectivity index (χ1v) is 6.60. The van der Waals surface area contributed by atoms with Gasteiger partial charge in [-0.1, -0.05) is 18.2 Å². The van der Waals surface area contributed by atoms with E-state index in [1.165, 1.54) is 5.56 Å². The first-order chi connectivity index (χ1) is 8.66. The van der Waals surface area contributed by atoms with Crippen LogP contribution in [0.25, 0.3) is 0 Å². The van der Waals surface area contributed by atoms with Crippen LogP contribution in [0.15, 0.2) is 24.3 Å². The van der Waals surface area contributed by atoms with Crippen LogP contribution in [0.1, 0.15) is 44.1 Å². The van der Waals surface area contributed by atoms with Gasteiger partial charge in [0.25, 0.3) is 0 Å². The number of cyclic esters (lactones) is 1. The third-order valence-electron chi connectivity index (χ3n) is 3.92. The van der Waals surface area contributed by atoms with Gasteiger partial charge in [0, 0.05) is 17.9 Å². The van der Waals surface area contributed by atoms with Gasteiger partial charge >= 0.3 is 5.97 Å². The van der Waals surface area contributed by atoms with Crippen molar-refractivity contribution in [3.05, 3.63) is 29.8 Å². The molecule has 3 nitrogen and oxygen atoms in total. The normalized spacial score (nSPS) is 30.5. The summed E-state index contributed by atoms with van der Waals surface area (Å²) in [6, 6.07) is 8.14. The topological polar surface area (TPSA) is 35.5 Å². The lowest BCUT2D eigenvalue weighted by Gasteiger charge is -2.35. The maximum Gasteiger partial charge on any atom is 0.306 e. The fourth-order valence-corrected chi connectivity index (χ4v) is 3.05. The minimum absolute atomic E-state index is 0.0593. The van der Waals surface area contributed by atoms with Crippen LogP contribution in [0.4, 0.5) is 0 Å². The van der Waals surface area contributed by atoms with Gasteiger partial charge in [-0.3, -0.25) is 4.79 Å². The number of carbonyl (C=O) groups is 1. The average Bonchev–Trinajstić information content (AvgIpc) is 2.72. The molecule has 2 unspecified atom stereocenters. The maximum atomic E-state index is 11.4. The largest absolute Gasteiger partial charge is 0.493 e. The molecule has 0 saturated carbocycles. The van der Waals surface area contributed by atoms with Crippen molar-refractivity contribution in [2.45, 2.75) is 44.1 Å². The molecule has 18 heavy (non-hydrogen) atoms. The highest BCUT2D eigenvalue weighted by Gasteiger charge is 2.37. The quantitative estimate of drug-likeness (QED) is 0.752. The molecule has 0 bridgehead atoms. The molecule has 96 valence electrons.